The Morgan fingerprint density at radius 1 is 0.686 bits per heavy atom. The topological polar surface area (TPSA) is 397 Å². The van der Waals surface area contributed by atoms with Gasteiger partial charge in [0.05, 0.1) is 21.2 Å². The summed E-state index contributed by atoms with van der Waals surface area (Å²) in [7, 11) is -8.98. The number of hydrogen-bond donors (Lipinski definition) is 10. The molecule has 4 aromatic carbocycles. The molecule has 3 atom stereocenters. The highest BCUT2D eigenvalue weighted by Gasteiger charge is 2.45. The second-order valence-corrected chi connectivity index (χ2v) is 30.9. The maximum absolute atomic E-state index is 14.4. The number of guanidine groups is 1. The number of allylic oxidation sites excluding steroid dienone is 7. The molecule has 3 aliphatic rings. The fourth-order valence-electron chi connectivity index (χ4n) is 13.5. The number of rotatable bonds is 42. The van der Waals surface area contributed by atoms with Gasteiger partial charge in [-0.2, -0.15) is 21.4 Å². The molecule has 0 spiro atoms. The number of benzene rings is 4. The number of nitrogens with one attached hydrogen (secondary N) is 4. The highest BCUT2D eigenvalue weighted by Crippen LogP contribution is 2.49. The first kappa shape index (κ1) is 83.0. The number of nitrogens with zero attached hydrogens (tertiary/aromatic N) is 3. The molecule has 7 rings (SSSR count). The van der Waals surface area contributed by atoms with Crippen LogP contribution in [-0.2, 0) is 72.7 Å². The van der Waals surface area contributed by atoms with E-state index >= 15 is 0 Å². The third-order valence-electron chi connectivity index (χ3n) is 19.4. The summed E-state index contributed by atoms with van der Waals surface area (Å²) < 4.78 is 79.4. The van der Waals surface area contributed by atoms with Crippen LogP contribution < -0.4 is 42.4 Å². The van der Waals surface area contributed by atoms with Crippen molar-refractivity contribution >= 4 is 84.6 Å². The maximum atomic E-state index is 14.4. The lowest BCUT2D eigenvalue weighted by atomic mass is 9.81. The molecule has 0 aromatic heterocycles. The van der Waals surface area contributed by atoms with Gasteiger partial charge in [-0.05, 0) is 180 Å². The van der Waals surface area contributed by atoms with E-state index in [0.717, 1.165) is 94.7 Å². The number of fused-ring (bicyclic) bond motifs is 2. The molecular weight excluding hydrogens is 1380 g/mol. The lowest BCUT2D eigenvalue weighted by Crippen LogP contribution is -2.46. The molecule has 105 heavy (non-hydrogen) atoms. The molecule has 2 heterocycles. The second kappa shape index (κ2) is 38.6. The predicted octanol–water partition coefficient (Wildman–Crippen LogP) is 10.8. The van der Waals surface area contributed by atoms with Crippen LogP contribution in [-0.4, -0.2) is 139 Å². The van der Waals surface area contributed by atoms with Crippen LogP contribution in [0.2, 0.25) is 0 Å². The van der Waals surface area contributed by atoms with E-state index in [-0.39, 0.29) is 104 Å². The number of carbonyl (C=O) groups excluding carboxylic acids is 5. The van der Waals surface area contributed by atoms with Gasteiger partial charge >= 0.3 is 18.0 Å². The zero-order valence-corrected chi connectivity index (χ0v) is 62.7. The summed E-state index contributed by atoms with van der Waals surface area (Å²) in [5, 5.41) is 28.8. The van der Waals surface area contributed by atoms with E-state index in [4.69, 9.17) is 21.3 Å². The lowest BCUT2D eigenvalue weighted by Gasteiger charge is -2.27. The number of aliphatic carboxylic acids is 2. The van der Waals surface area contributed by atoms with E-state index < -0.39 is 79.4 Å². The lowest BCUT2D eigenvalue weighted by molar-refractivity contribution is -0.438. The first-order valence-electron chi connectivity index (χ1n) is 36.3. The van der Waals surface area contributed by atoms with Crippen molar-refractivity contribution in [1.82, 2.24) is 21.3 Å². The molecule has 0 bridgehead atoms. The van der Waals surface area contributed by atoms with Crippen molar-refractivity contribution in [2.24, 2.45) is 22.4 Å². The number of carboxylic acid groups (broad SMARTS) is 2. The van der Waals surface area contributed by atoms with Gasteiger partial charge in [-0.3, -0.25) is 38.1 Å². The fourth-order valence-corrected chi connectivity index (χ4v) is 14.6. The largest absolute Gasteiger partial charge is 0.481 e. The van der Waals surface area contributed by atoms with Crippen molar-refractivity contribution in [3.8, 4) is 5.75 Å². The van der Waals surface area contributed by atoms with Crippen molar-refractivity contribution in [3.05, 3.63) is 160 Å². The van der Waals surface area contributed by atoms with Crippen molar-refractivity contribution in [2.45, 2.75) is 209 Å². The van der Waals surface area contributed by atoms with Gasteiger partial charge in [0, 0.05) is 105 Å². The fraction of sp³-hybridized carbons (Fsp3) is 0.474. The minimum atomic E-state index is -4.49. The average molecular weight is 1490 g/mol. The number of amides is 4. The second-order valence-electron chi connectivity index (χ2n) is 28.1. The number of urea groups is 1. The Kier molecular flexibility index (Phi) is 30.5. The highest BCUT2D eigenvalue weighted by molar-refractivity contribution is 7.86. The van der Waals surface area contributed by atoms with Crippen molar-refractivity contribution in [2.75, 3.05) is 37.6 Å². The number of ether oxygens (including phenoxy) is 1. The van der Waals surface area contributed by atoms with Crippen LogP contribution in [0.25, 0.3) is 0 Å². The Morgan fingerprint density at radius 3 is 2.03 bits per heavy atom. The first-order valence-corrected chi connectivity index (χ1v) is 39.2. The van der Waals surface area contributed by atoms with Crippen LogP contribution in [0.4, 0.5) is 16.2 Å². The van der Waals surface area contributed by atoms with Gasteiger partial charge in [-0.25, -0.2) is 9.59 Å². The molecule has 0 saturated heterocycles. The maximum Gasteiger partial charge on any atom is 0.326 e. The van der Waals surface area contributed by atoms with E-state index in [2.05, 4.69) is 73.9 Å². The summed E-state index contributed by atoms with van der Waals surface area (Å²) in [6, 6.07) is 23.1. The van der Waals surface area contributed by atoms with Crippen molar-refractivity contribution in [1.29, 1.82) is 0 Å². The molecule has 1 aliphatic carbocycles. The standard InChI is InChI=1S/C78H103N9O16S2/c1-7-9-16-47-87-66-38-35-60(105(100,101)102)51-62(66)78(5,6)69(87)40-31-55-23-17-22-54(30-39-68-77(3,4)61-50-59(104(97,98)99)34-37-65(61)86(68)46-10-8-2)72(55)103-58-32-28-52(29-33-58)42-45-81-73(93)56(24-18-43-82-75(79)80)49-67(89)64(48-53-20-12-11-13-21-53)84-70(90)27-15-14-25-57(88)26-19-44-83-76(96)85-63(74(94)95)36-41-71(91)92/h11-13,20-21,28-35,37-40,50-51,56,63-64H,7-10,14-19,22-27,36,41-49H2,1-6H3,(H11-,79,80,81,82,83,84,85,90,91,92,93,94,95,96,97,98,99,100,101,102)/p+1/t56-,63-,64+/m1/s1. The number of anilines is 1. The molecule has 0 fully saturated rings. The number of aliphatic imine (C=N–C) groups is 1. The van der Waals surface area contributed by atoms with E-state index in [0.29, 0.717) is 63.1 Å². The first-order chi connectivity index (χ1) is 49.8. The third-order valence-corrected chi connectivity index (χ3v) is 21.1. The molecule has 4 amide bonds. The van der Waals surface area contributed by atoms with Crippen LogP contribution in [0, 0.1) is 5.92 Å². The number of ketones is 2. The highest BCUT2D eigenvalue weighted by atomic mass is 32.2. The van der Waals surface area contributed by atoms with Gasteiger partial charge in [0.25, 0.3) is 20.2 Å². The van der Waals surface area contributed by atoms with Gasteiger partial charge in [0.15, 0.2) is 17.5 Å². The summed E-state index contributed by atoms with van der Waals surface area (Å²) in [5.41, 5.74) is 18.6. The van der Waals surface area contributed by atoms with E-state index in [9.17, 15) is 64.6 Å². The zero-order chi connectivity index (χ0) is 76.7. The number of Topliss-reactive ketones (excluding diaryl/α,β-unsaturated/α-hetero) is 2. The summed E-state index contributed by atoms with van der Waals surface area (Å²) in [5.74, 6) is -3.55. The Hall–Kier alpha value is -9.31. The van der Waals surface area contributed by atoms with Gasteiger partial charge in [0.2, 0.25) is 17.5 Å². The van der Waals surface area contributed by atoms with Crippen LogP contribution >= 0.6 is 0 Å². The van der Waals surface area contributed by atoms with E-state index in [1.807, 2.05) is 82.3 Å². The van der Waals surface area contributed by atoms with Crippen molar-refractivity contribution < 1.29 is 79.0 Å². The molecule has 568 valence electrons. The molecule has 0 unspecified atom stereocenters. The molecule has 25 nitrogen and oxygen atoms in total. The molecule has 4 aromatic rings. The quantitative estimate of drug-likeness (QED) is 0.00648. The Bertz CT molecular complexity index is 4220. The van der Waals surface area contributed by atoms with Crippen LogP contribution in [0.5, 0.6) is 5.75 Å². The summed E-state index contributed by atoms with van der Waals surface area (Å²) >= 11 is 0. The smallest absolute Gasteiger partial charge is 0.326 e. The number of carboxylic acids is 2. The summed E-state index contributed by atoms with van der Waals surface area (Å²) in [6.45, 7) is 14.3. The third kappa shape index (κ3) is 24.1. The number of unbranched alkanes of at least 4 members (excludes halogenated alkanes) is 4. The van der Waals surface area contributed by atoms with Gasteiger partial charge < -0.3 is 52.6 Å². The molecule has 2 aliphatic heterocycles. The minimum absolute atomic E-state index is 0.0176. The van der Waals surface area contributed by atoms with Crippen LogP contribution in [0.15, 0.2) is 153 Å². The summed E-state index contributed by atoms with van der Waals surface area (Å²) in [6.07, 6.45) is 16.6. The number of hydrogen-bond acceptors (Lipinski definition) is 14. The van der Waals surface area contributed by atoms with E-state index in [1.165, 1.54) is 12.1 Å². The molecule has 0 radical (unpaired) electrons. The Morgan fingerprint density at radius 2 is 1.36 bits per heavy atom. The molecule has 27 heteroatoms. The minimum Gasteiger partial charge on any atom is -0.481 e. The Balaban J connectivity index is 1.07. The molecule has 0 saturated carbocycles. The normalized spacial score (nSPS) is 16.3. The SMILES string of the molecule is CCCCC[N+]1=C(/C=C/C2=C(Oc3ccc(CCNC(=O)[C@H](CCCN=C(N)N)CC(=O)[C@H](Cc4ccccc4)NC(=O)CCCCC(=O)CCCNC(=O)N[C@H](CCC(=O)O)C(=O)O)cc3)C(=C/C=C3/N(CCCC)c4ccc(S(=O)(=O)O)cc4C3(C)C)/CCC2)C(C)(C)c2cc(S(=O)(=O)O)ccc21. The Labute approximate surface area is 616 Å². The zero-order valence-electron chi connectivity index (χ0n) is 61.1. The predicted molar refractivity (Wildman–Crippen MR) is 403 cm³/mol. The molecule has 12 N–H and O–H groups in total. The van der Waals surface area contributed by atoms with Crippen LogP contribution in [0.3, 0.4) is 0 Å². The monoisotopic (exact) mass is 1490 g/mol. The van der Waals surface area contributed by atoms with Gasteiger partial charge in [-0.1, -0.05) is 89.1 Å². The molecular formula is C78H104N9O16S2+. The van der Waals surface area contributed by atoms with Crippen molar-refractivity contribution in [3.63, 3.8) is 0 Å². The summed E-state index contributed by atoms with van der Waals surface area (Å²) in [4.78, 5) is 95.3. The van der Waals surface area contributed by atoms with E-state index in [1.54, 1.807) is 24.3 Å². The van der Waals surface area contributed by atoms with Gasteiger partial charge in [0.1, 0.15) is 29.9 Å². The average Bonchev–Trinajstić information content (AvgIpc) is 1.59. The van der Waals surface area contributed by atoms with Crippen LogP contribution in [0.1, 0.15) is 186 Å². The number of carbonyl (C=O) groups is 7. The number of nitrogens with two attached hydrogens (primary N) is 2. The van der Waals surface area contributed by atoms with Gasteiger partial charge in [-0.15, -0.1) is 0 Å².